The Morgan fingerprint density at radius 3 is 2.43 bits per heavy atom. The van der Waals surface area contributed by atoms with Gasteiger partial charge in [-0.3, -0.25) is 4.98 Å². The predicted molar refractivity (Wildman–Crippen MR) is 96.7 cm³/mol. The molecule has 0 spiro atoms. The Morgan fingerprint density at radius 2 is 1.74 bits per heavy atom. The summed E-state index contributed by atoms with van der Waals surface area (Å²) in [4.78, 5) is 4.47. The first-order valence-corrected chi connectivity index (χ1v) is 8.25. The Kier molecular flexibility index (Phi) is 3.93. The van der Waals surface area contributed by atoms with Crippen LogP contribution in [0, 0.1) is 20.8 Å². The molecule has 3 aromatic rings. The molecule has 0 aliphatic heterocycles. The third kappa shape index (κ3) is 2.63. The van der Waals surface area contributed by atoms with Crippen LogP contribution in [-0.2, 0) is 7.05 Å². The Bertz CT molecular complexity index is 892. The van der Waals surface area contributed by atoms with Gasteiger partial charge in [0.2, 0.25) is 11.2 Å². The van der Waals surface area contributed by atoms with Gasteiger partial charge < -0.3 is 0 Å². The molecule has 2 heterocycles. The first kappa shape index (κ1) is 15.7. The number of aromatic nitrogens is 2. The van der Waals surface area contributed by atoms with E-state index in [9.17, 15) is 0 Å². The summed E-state index contributed by atoms with van der Waals surface area (Å²) < 4.78 is 2.27. The van der Waals surface area contributed by atoms with E-state index in [2.05, 4.69) is 75.5 Å². The topological polar surface area (TPSA) is 16.8 Å². The smallest absolute Gasteiger partial charge is 0.231 e. The molecule has 0 aliphatic rings. The third-order valence-electron chi connectivity index (χ3n) is 4.84. The highest BCUT2D eigenvalue weighted by atomic mass is 14.9. The van der Waals surface area contributed by atoms with E-state index in [0.717, 1.165) is 0 Å². The lowest BCUT2D eigenvalue weighted by Gasteiger charge is -2.12. The van der Waals surface area contributed by atoms with Gasteiger partial charge in [0.25, 0.3) is 0 Å². The largest absolute Gasteiger partial charge is 0.257 e. The van der Waals surface area contributed by atoms with Crippen LogP contribution in [0.25, 0.3) is 22.2 Å². The van der Waals surface area contributed by atoms with Crippen molar-refractivity contribution in [2.45, 2.75) is 40.5 Å². The van der Waals surface area contributed by atoms with Crippen LogP contribution >= 0.6 is 0 Å². The zero-order valence-corrected chi connectivity index (χ0v) is 14.9. The van der Waals surface area contributed by atoms with Gasteiger partial charge in [0, 0.05) is 17.8 Å². The molecule has 23 heavy (non-hydrogen) atoms. The van der Waals surface area contributed by atoms with Gasteiger partial charge in [-0.1, -0.05) is 25.5 Å². The maximum Gasteiger partial charge on any atom is 0.231 e. The van der Waals surface area contributed by atoms with Crippen molar-refractivity contribution in [1.82, 2.24) is 4.98 Å². The van der Waals surface area contributed by atoms with Crippen molar-refractivity contribution in [2.75, 3.05) is 0 Å². The monoisotopic (exact) mass is 305 g/mol. The maximum absolute atomic E-state index is 4.47. The minimum Gasteiger partial charge on any atom is -0.257 e. The Hall–Kier alpha value is -2.22. The molecule has 0 amide bonds. The fourth-order valence-corrected chi connectivity index (χ4v) is 3.36. The van der Waals surface area contributed by atoms with Crippen LogP contribution in [0.3, 0.4) is 0 Å². The van der Waals surface area contributed by atoms with Crippen molar-refractivity contribution in [3.05, 3.63) is 58.9 Å². The summed E-state index contributed by atoms with van der Waals surface area (Å²) in [6.07, 6.45) is 3.97. The molecule has 2 aromatic heterocycles. The minimum atomic E-state index is 0.472. The number of nitrogens with zero attached hydrogens (tertiary/aromatic N) is 2. The van der Waals surface area contributed by atoms with E-state index in [0.29, 0.717) is 5.92 Å². The molecular formula is C21H25N2+. The standard InChI is InChI=1S/C21H25N2/c1-13(2)19-11-22-12-21-17(19)7-8-20(23(21)6)18-10-14(3)9-15(4)16(18)5/h7-13H,1-6H3/q+1. The molecule has 0 unspecified atom stereocenters. The molecular weight excluding hydrogens is 280 g/mol. The first-order chi connectivity index (χ1) is 10.9. The Labute approximate surface area is 138 Å². The highest BCUT2D eigenvalue weighted by Crippen LogP contribution is 2.28. The number of hydrogen-bond donors (Lipinski definition) is 0. The molecule has 0 aliphatic carbocycles. The second-order valence-corrected chi connectivity index (χ2v) is 6.85. The van der Waals surface area contributed by atoms with Crippen molar-refractivity contribution in [3.8, 4) is 11.3 Å². The van der Waals surface area contributed by atoms with Gasteiger partial charge >= 0.3 is 0 Å². The molecule has 1 aromatic carbocycles. The molecule has 0 fully saturated rings. The van der Waals surface area contributed by atoms with Crippen molar-refractivity contribution in [3.63, 3.8) is 0 Å². The lowest BCUT2D eigenvalue weighted by atomic mass is 9.96. The average Bonchev–Trinajstić information content (AvgIpc) is 2.51. The van der Waals surface area contributed by atoms with Crippen LogP contribution in [0.15, 0.2) is 36.7 Å². The highest BCUT2D eigenvalue weighted by molar-refractivity contribution is 5.81. The van der Waals surface area contributed by atoms with E-state index in [1.807, 2.05) is 12.4 Å². The van der Waals surface area contributed by atoms with Crippen LogP contribution in [-0.4, -0.2) is 4.98 Å². The van der Waals surface area contributed by atoms with E-state index >= 15 is 0 Å². The maximum atomic E-state index is 4.47. The van der Waals surface area contributed by atoms with Gasteiger partial charge in [0.1, 0.15) is 7.05 Å². The van der Waals surface area contributed by atoms with Gasteiger partial charge in [0.05, 0.1) is 11.6 Å². The van der Waals surface area contributed by atoms with Crippen molar-refractivity contribution < 1.29 is 4.57 Å². The molecule has 0 bridgehead atoms. The SMILES string of the molecule is Cc1cc(C)c(C)c(-c2ccc3c(C(C)C)cncc3[n+]2C)c1. The summed E-state index contributed by atoms with van der Waals surface area (Å²) in [7, 11) is 2.14. The van der Waals surface area contributed by atoms with Crippen molar-refractivity contribution >= 4 is 10.9 Å². The number of aryl methyl sites for hydroxylation is 3. The van der Waals surface area contributed by atoms with Crippen LogP contribution in [0.5, 0.6) is 0 Å². The average molecular weight is 305 g/mol. The molecule has 0 atom stereocenters. The highest BCUT2D eigenvalue weighted by Gasteiger charge is 2.19. The minimum absolute atomic E-state index is 0.472. The zero-order valence-electron chi connectivity index (χ0n) is 14.9. The van der Waals surface area contributed by atoms with Gasteiger partial charge in [-0.15, -0.1) is 0 Å². The lowest BCUT2D eigenvalue weighted by molar-refractivity contribution is -0.633. The lowest BCUT2D eigenvalue weighted by Crippen LogP contribution is -2.32. The quantitative estimate of drug-likeness (QED) is 0.623. The summed E-state index contributed by atoms with van der Waals surface area (Å²) in [6.45, 7) is 11.0. The summed E-state index contributed by atoms with van der Waals surface area (Å²) in [5.74, 6) is 0.472. The number of hydrogen-bond acceptors (Lipinski definition) is 1. The number of rotatable bonds is 2. The van der Waals surface area contributed by atoms with Crippen LogP contribution < -0.4 is 4.57 Å². The summed E-state index contributed by atoms with van der Waals surface area (Å²) in [5, 5.41) is 1.29. The van der Waals surface area contributed by atoms with E-state index in [1.165, 1.54) is 44.4 Å². The predicted octanol–water partition coefficient (Wildman–Crippen LogP) is 4.77. The van der Waals surface area contributed by atoms with Crippen LogP contribution in [0.1, 0.15) is 42.0 Å². The summed E-state index contributed by atoms with van der Waals surface area (Å²) >= 11 is 0. The van der Waals surface area contributed by atoms with Gasteiger partial charge in [-0.05, 0) is 55.5 Å². The van der Waals surface area contributed by atoms with E-state index in [4.69, 9.17) is 0 Å². The molecule has 3 rings (SSSR count). The number of pyridine rings is 2. The molecule has 0 radical (unpaired) electrons. The number of fused-ring (bicyclic) bond motifs is 1. The molecule has 0 saturated heterocycles. The van der Waals surface area contributed by atoms with E-state index < -0.39 is 0 Å². The van der Waals surface area contributed by atoms with Crippen LogP contribution in [0.4, 0.5) is 0 Å². The third-order valence-corrected chi connectivity index (χ3v) is 4.84. The first-order valence-electron chi connectivity index (χ1n) is 8.25. The second kappa shape index (κ2) is 5.77. The molecule has 2 heteroatoms. The summed E-state index contributed by atoms with van der Waals surface area (Å²) in [6, 6.07) is 9.02. The van der Waals surface area contributed by atoms with E-state index in [-0.39, 0.29) is 0 Å². The number of benzene rings is 1. The summed E-state index contributed by atoms with van der Waals surface area (Å²) in [5.41, 5.74) is 9.03. The fraction of sp³-hybridized carbons (Fsp3) is 0.333. The van der Waals surface area contributed by atoms with Crippen LogP contribution in [0.2, 0.25) is 0 Å². The van der Waals surface area contributed by atoms with Gasteiger partial charge in [0.15, 0.2) is 0 Å². The molecule has 118 valence electrons. The van der Waals surface area contributed by atoms with Crippen molar-refractivity contribution in [1.29, 1.82) is 0 Å². The van der Waals surface area contributed by atoms with Gasteiger partial charge in [-0.25, -0.2) is 0 Å². The van der Waals surface area contributed by atoms with Gasteiger partial charge in [-0.2, -0.15) is 4.57 Å². The normalized spacial score (nSPS) is 11.4. The molecule has 0 N–H and O–H groups in total. The second-order valence-electron chi connectivity index (χ2n) is 6.85. The molecule has 2 nitrogen and oxygen atoms in total. The van der Waals surface area contributed by atoms with Crippen molar-refractivity contribution in [2.24, 2.45) is 7.05 Å². The zero-order chi connectivity index (χ0) is 16.7. The molecule has 0 saturated carbocycles. The Balaban J connectivity index is 2.31. The fourth-order valence-electron chi connectivity index (χ4n) is 3.36. The Morgan fingerprint density at radius 1 is 1.00 bits per heavy atom. The van der Waals surface area contributed by atoms with E-state index in [1.54, 1.807) is 0 Å².